The van der Waals surface area contributed by atoms with E-state index in [0.717, 1.165) is 0 Å². The fourth-order valence-corrected chi connectivity index (χ4v) is 0.922. The standard InChI is InChI=1S/C8H14N2/c1-7(2)9-8-4-5-10(3)6-8/h4-7,9H,1-3H3. The predicted octanol–water partition coefficient (Wildman–Crippen LogP) is 1.85. The van der Waals surface area contributed by atoms with E-state index in [4.69, 9.17) is 0 Å². The van der Waals surface area contributed by atoms with Crippen molar-refractivity contribution in [2.24, 2.45) is 7.05 Å². The maximum absolute atomic E-state index is 3.30. The SMILES string of the molecule is CC(C)Nc1ccn(C)c1. The molecule has 1 N–H and O–H groups in total. The molecule has 0 unspecified atom stereocenters. The molecule has 1 aromatic heterocycles. The van der Waals surface area contributed by atoms with Crippen LogP contribution in [0.5, 0.6) is 0 Å². The first-order valence-electron chi connectivity index (χ1n) is 3.57. The Morgan fingerprint density at radius 2 is 2.20 bits per heavy atom. The van der Waals surface area contributed by atoms with Crippen molar-refractivity contribution in [1.29, 1.82) is 0 Å². The van der Waals surface area contributed by atoms with E-state index >= 15 is 0 Å². The first kappa shape index (κ1) is 7.19. The van der Waals surface area contributed by atoms with Crippen LogP contribution in [-0.2, 0) is 7.05 Å². The van der Waals surface area contributed by atoms with Gasteiger partial charge in [0.1, 0.15) is 0 Å². The van der Waals surface area contributed by atoms with Crippen molar-refractivity contribution < 1.29 is 0 Å². The highest BCUT2D eigenvalue weighted by atomic mass is 15.0. The van der Waals surface area contributed by atoms with E-state index in [1.165, 1.54) is 5.69 Å². The number of hydrogen-bond acceptors (Lipinski definition) is 1. The van der Waals surface area contributed by atoms with Gasteiger partial charge in [-0.25, -0.2) is 0 Å². The van der Waals surface area contributed by atoms with Crippen molar-refractivity contribution in [3.63, 3.8) is 0 Å². The number of nitrogens with one attached hydrogen (secondary N) is 1. The minimum absolute atomic E-state index is 0.516. The summed E-state index contributed by atoms with van der Waals surface area (Å²) >= 11 is 0. The Morgan fingerprint density at radius 1 is 1.50 bits per heavy atom. The van der Waals surface area contributed by atoms with E-state index in [1.54, 1.807) is 0 Å². The van der Waals surface area contributed by atoms with Gasteiger partial charge in [-0.2, -0.15) is 0 Å². The quantitative estimate of drug-likeness (QED) is 0.660. The first-order valence-corrected chi connectivity index (χ1v) is 3.57. The zero-order valence-corrected chi connectivity index (χ0v) is 6.76. The number of aromatic nitrogens is 1. The predicted molar refractivity (Wildman–Crippen MR) is 44.2 cm³/mol. The van der Waals surface area contributed by atoms with Gasteiger partial charge in [0.15, 0.2) is 0 Å². The van der Waals surface area contributed by atoms with Gasteiger partial charge in [-0.15, -0.1) is 0 Å². The molecular formula is C8H14N2. The molecule has 0 aliphatic rings. The van der Waals surface area contributed by atoms with Crippen molar-refractivity contribution >= 4 is 5.69 Å². The maximum atomic E-state index is 3.30. The van der Waals surface area contributed by atoms with Gasteiger partial charge >= 0.3 is 0 Å². The second-order valence-corrected chi connectivity index (χ2v) is 2.86. The Labute approximate surface area is 61.9 Å². The average molecular weight is 138 g/mol. The number of nitrogens with zero attached hydrogens (tertiary/aromatic N) is 1. The van der Waals surface area contributed by atoms with Crippen molar-refractivity contribution in [3.05, 3.63) is 18.5 Å². The third-order valence-corrected chi connectivity index (χ3v) is 1.29. The molecule has 0 fully saturated rings. The molecule has 0 aromatic carbocycles. The number of aryl methyl sites for hydroxylation is 1. The van der Waals surface area contributed by atoms with Gasteiger partial charge in [0.2, 0.25) is 0 Å². The lowest BCUT2D eigenvalue weighted by molar-refractivity contribution is 0.891. The molecule has 0 spiro atoms. The minimum Gasteiger partial charge on any atom is -0.382 e. The van der Waals surface area contributed by atoms with E-state index in [9.17, 15) is 0 Å². The molecule has 0 amide bonds. The third kappa shape index (κ3) is 1.79. The molecule has 56 valence electrons. The number of hydrogen-bond donors (Lipinski definition) is 1. The van der Waals surface area contributed by atoms with Gasteiger partial charge in [0, 0.05) is 25.5 Å². The molecule has 1 heterocycles. The summed E-state index contributed by atoms with van der Waals surface area (Å²) in [7, 11) is 2.02. The summed E-state index contributed by atoms with van der Waals surface area (Å²) in [6, 6.07) is 2.59. The van der Waals surface area contributed by atoms with E-state index in [0.29, 0.717) is 6.04 Å². The molecular weight excluding hydrogens is 124 g/mol. The lowest BCUT2D eigenvalue weighted by atomic mass is 10.4. The van der Waals surface area contributed by atoms with Crippen LogP contribution in [0.25, 0.3) is 0 Å². The molecule has 0 radical (unpaired) electrons. The Balaban J connectivity index is 2.58. The van der Waals surface area contributed by atoms with E-state index in [2.05, 4.69) is 31.4 Å². The van der Waals surface area contributed by atoms with Crippen LogP contribution in [0.2, 0.25) is 0 Å². The van der Waals surface area contributed by atoms with Crippen LogP contribution >= 0.6 is 0 Å². The van der Waals surface area contributed by atoms with Crippen LogP contribution in [0.15, 0.2) is 18.5 Å². The van der Waals surface area contributed by atoms with Crippen molar-refractivity contribution in [1.82, 2.24) is 4.57 Å². The fraction of sp³-hybridized carbons (Fsp3) is 0.500. The topological polar surface area (TPSA) is 17.0 Å². The van der Waals surface area contributed by atoms with Crippen LogP contribution < -0.4 is 5.32 Å². The van der Waals surface area contributed by atoms with Gasteiger partial charge < -0.3 is 9.88 Å². The smallest absolute Gasteiger partial charge is 0.0521 e. The molecule has 0 bridgehead atoms. The van der Waals surface area contributed by atoms with Gasteiger partial charge in [0.25, 0.3) is 0 Å². The molecule has 0 atom stereocenters. The highest BCUT2D eigenvalue weighted by Gasteiger charge is 1.94. The summed E-state index contributed by atoms with van der Waals surface area (Å²) in [5, 5.41) is 3.30. The monoisotopic (exact) mass is 138 g/mol. The molecule has 0 saturated heterocycles. The summed E-state index contributed by atoms with van der Waals surface area (Å²) in [5.74, 6) is 0. The summed E-state index contributed by atoms with van der Waals surface area (Å²) in [6.45, 7) is 4.26. The highest BCUT2D eigenvalue weighted by Crippen LogP contribution is 2.06. The van der Waals surface area contributed by atoms with Gasteiger partial charge in [0.05, 0.1) is 5.69 Å². The summed E-state index contributed by atoms with van der Waals surface area (Å²) in [6.07, 6.45) is 4.10. The Kier molecular flexibility index (Phi) is 2.00. The molecule has 0 aliphatic heterocycles. The Bertz CT molecular complexity index is 201. The molecule has 0 aliphatic carbocycles. The zero-order valence-electron chi connectivity index (χ0n) is 6.76. The highest BCUT2D eigenvalue weighted by molar-refractivity contribution is 5.41. The summed E-state index contributed by atoms with van der Waals surface area (Å²) < 4.78 is 2.03. The van der Waals surface area contributed by atoms with E-state index in [1.807, 2.05) is 17.8 Å². The molecule has 2 nitrogen and oxygen atoms in total. The second kappa shape index (κ2) is 2.78. The third-order valence-electron chi connectivity index (χ3n) is 1.29. The van der Waals surface area contributed by atoms with Crippen LogP contribution in [-0.4, -0.2) is 10.6 Å². The van der Waals surface area contributed by atoms with Gasteiger partial charge in [-0.1, -0.05) is 0 Å². The normalized spacial score (nSPS) is 10.4. The van der Waals surface area contributed by atoms with Gasteiger partial charge in [-0.05, 0) is 19.9 Å². The largest absolute Gasteiger partial charge is 0.382 e. The van der Waals surface area contributed by atoms with Crippen LogP contribution in [0.1, 0.15) is 13.8 Å². The zero-order chi connectivity index (χ0) is 7.56. The lowest BCUT2D eigenvalue weighted by Gasteiger charge is -2.05. The van der Waals surface area contributed by atoms with E-state index < -0.39 is 0 Å². The fourth-order valence-electron chi connectivity index (χ4n) is 0.922. The summed E-state index contributed by atoms with van der Waals surface area (Å²) in [5.41, 5.74) is 1.19. The maximum Gasteiger partial charge on any atom is 0.0521 e. The van der Waals surface area contributed by atoms with Crippen LogP contribution in [0, 0.1) is 0 Å². The van der Waals surface area contributed by atoms with Gasteiger partial charge in [-0.3, -0.25) is 0 Å². The average Bonchev–Trinajstić information content (AvgIpc) is 2.13. The Hall–Kier alpha value is -0.920. The van der Waals surface area contributed by atoms with Crippen molar-refractivity contribution in [3.8, 4) is 0 Å². The first-order chi connectivity index (χ1) is 4.68. The molecule has 1 aromatic rings. The van der Waals surface area contributed by atoms with Crippen molar-refractivity contribution in [2.75, 3.05) is 5.32 Å². The Morgan fingerprint density at radius 3 is 2.60 bits per heavy atom. The molecule has 10 heavy (non-hydrogen) atoms. The van der Waals surface area contributed by atoms with Crippen molar-refractivity contribution in [2.45, 2.75) is 19.9 Å². The number of anilines is 1. The van der Waals surface area contributed by atoms with Crippen LogP contribution in [0.4, 0.5) is 5.69 Å². The molecule has 2 heteroatoms. The molecule has 0 saturated carbocycles. The molecule has 1 rings (SSSR count). The summed E-state index contributed by atoms with van der Waals surface area (Å²) in [4.78, 5) is 0. The van der Waals surface area contributed by atoms with E-state index in [-0.39, 0.29) is 0 Å². The second-order valence-electron chi connectivity index (χ2n) is 2.86. The number of rotatable bonds is 2. The minimum atomic E-state index is 0.516. The lowest BCUT2D eigenvalue weighted by Crippen LogP contribution is -2.08. The van der Waals surface area contributed by atoms with Crippen LogP contribution in [0.3, 0.4) is 0 Å².